The maximum Gasteiger partial charge on any atom is 0.414 e. The van der Waals surface area contributed by atoms with E-state index in [-0.39, 0.29) is 12.8 Å². The lowest BCUT2D eigenvalue weighted by molar-refractivity contribution is -0.727. The zero-order valence-electron chi connectivity index (χ0n) is 12.4. The van der Waals surface area contributed by atoms with Crippen molar-refractivity contribution < 1.29 is 14.1 Å². The highest BCUT2D eigenvalue weighted by molar-refractivity contribution is 5.67. The molecule has 0 bridgehead atoms. The Hall–Kier alpha value is -1.58. The van der Waals surface area contributed by atoms with E-state index in [0.717, 1.165) is 6.42 Å². The molecular weight excluding hydrogens is 240 g/mol. The fourth-order valence-corrected chi connectivity index (χ4v) is 1.95. The molecule has 4 heteroatoms. The SMILES string of the molecule is CCN(CC)C(=O)OC[n+]1cccc(CC(C)C)c1. The van der Waals surface area contributed by atoms with Crippen LogP contribution in [0.25, 0.3) is 0 Å². The smallest absolute Gasteiger partial charge is 0.388 e. The molecule has 0 N–H and O–H groups in total. The van der Waals surface area contributed by atoms with E-state index >= 15 is 0 Å². The number of carbonyl (C=O) groups excluding carboxylic acids is 1. The van der Waals surface area contributed by atoms with E-state index < -0.39 is 0 Å². The summed E-state index contributed by atoms with van der Waals surface area (Å²) < 4.78 is 7.18. The molecule has 1 amide bonds. The van der Waals surface area contributed by atoms with Gasteiger partial charge in [0.2, 0.25) is 0 Å². The Morgan fingerprint density at radius 1 is 1.37 bits per heavy atom. The second kappa shape index (κ2) is 7.77. The minimum Gasteiger partial charge on any atom is -0.388 e. The van der Waals surface area contributed by atoms with Gasteiger partial charge in [0.25, 0.3) is 6.73 Å². The van der Waals surface area contributed by atoms with Crippen molar-refractivity contribution in [3.05, 3.63) is 30.1 Å². The Morgan fingerprint density at radius 2 is 2.05 bits per heavy atom. The maximum absolute atomic E-state index is 11.7. The average molecular weight is 265 g/mol. The molecule has 0 fully saturated rings. The fourth-order valence-electron chi connectivity index (χ4n) is 1.95. The van der Waals surface area contributed by atoms with Crippen LogP contribution in [0, 0.1) is 5.92 Å². The number of aromatic nitrogens is 1. The number of hydrogen-bond donors (Lipinski definition) is 0. The molecule has 0 radical (unpaired) electrons. The lowest BCUT2D eigenvalue weighted by Crippen LogP contribution is -2.39. The molecule has 1 aromatic rings. The van der Waals surface area contributed by atoms with Gasteiger partial charge in [-0.2, -0.15) is 4.57 Å². The van der Waals surface area contributed by atoms with Gasteiger partial charge in [-0.3, -0.25) is 0 Å². The minimum absolute atomic E-state index is 0.258. The van der Waals surface area contributed by atoms with Gasteiger partial charge in [0.15, 0.2) is 12.4 Å². The summed E-state index contributed by atoms with van der Waals surface area (Å²) in [4.78, 5) is 13.4. The highest BCUT2D eigenvalue weighted by atomic mass is 16.6. The van der Waals surface area contributed by atoms with Crippen LogP contribution in [0.5, 0.6) is 0 Å². The molecule has 0 saturated carbocycles. The molecule has 1 heterocycles. The number of amides is 1. The third kappa shape index (κ3) is 5.28. The maximum atomic E-state index is 11.7. The second-order valence-electron chi connectivity index (χ2n) is 5.04. The zero-order chi connectivity index (χ0) is 14.3. The summed E-state index contributed by atoms with van der Waals surface area (Å²) in [5.74, 6) is 0.620. The van der Waals surface area contributed by atoms with Gasteiger partial charge in [0.05, 0.1) is 0 Å². The van der Waals surface area contributed by atoms with E-state index in [0.29, 0.717) is 19.0 Å². The Labute approximate surface area is 116 Å². The van der Waals surface area contributed by atoms with E-state index in [9.17, 15) is 4.79 Å². The van der Waals surface area contributed by atoms with Crippen molar-refractivity contribution in [1.29, 1.82) is 0 Å². The molecule has 4 nitrogen and oxygen atoms in total. The number of pyridine rings is 1. The fraction of sp³-hybridized carbons (Fsp3) is 0.600. The standard InChI is InChI=1S/C15H25N2O2/c1-5-17(6-2)15(18)19-12-16-9-7-8-14(11-16)10-13(3)4/h7-9,11,13H,5-6,10,12H2,1-4H3/q+1. The van der Waals surface area contributed by atoms with Gasteiger partial charge in [0.1, 0.15) is 0 Å². The summed E-state index contributed by atoms with van der Waals surface area (Å²) in [5, 5.41) is 0. The first-order valence-corrected chi connectivity index (χ1v) is 6.96. The molecule has 0 aromatic carbocycles. The summed E-state index contributed by atoms with van der Waals surface area (Å²) >= 11 is 0. The number of ether oxygens (including phenoxy) is 1. The Balaban J connectivity index is 2.55. The van der Waals surface area contributed by atoms with E-state index in [1.807, 2.05) is 36.9 Å². The molecule has 0 atom stereocenters. The lowest BCUT2D eigenvalue weighted by atomic mass is 10.1. The second-order valence-corrected chi connectivity index (χ2v) is 5.04. The molecule has 1 rings (SSSR count). The van der Waals surface area contributed by atoms with Gasteiger partial charge in [-0.1, -0.05) is 13.8 Å². The zero-order valence-corrected chi connectivity index (χ0v) is 12.4. The molecule has 0 unspecified atom stereocenters. The van der Waals surface area contributed by atoms with Crippen molar-refractivity contribution in [2.24, 2.45) is 5.92 Å². The summed E-state index contributed by atoms with van der Waals surface area (Å²) in [6, 6.07) is 4.09. The predicted octanol–water partition coefficient (Wildman–Crippen LogP) is 2.61. The van der Waals surface area contributed by atoms with Crippen LogP contribution in [0.15, 0.2) is 24.5 Å². The van der Waals surface area contributed by atoms with Crippen LogP contribution in [0.1, 0.15) is 33.3 Å². The van der Waals surface area contributed by atoms with Gasteiger partial charge < -0.3 is 9.64 Å². The van der Waals surface area contributed by atoms with Gasteiger partial charge in [-0.15, -0.1) is 0 Å². The Kier molecular flexibility index (Phi) is 6.33. The van der Waals surface area contributed by atoms with Crippen LogP contribution < -0.4 is 4.57 Å². The van der Waals surface area contributed by atoms with Crippen molar-refractivity contribution in [2.75, 3.05) is 13.1 Å². The number of rotatable bonds is 6. The first-order valence-electron chi connectivity index (χ1n) is 6.96. The Bertz CT molecular complexity index is 401. The third-order valence-corrected chi connectivity index (χ3v) is 2.92. The largest absolute Gasteiger partial charge is 0.414 e. The molecule has 0 aliphatic carbocycles. The highest BCUT2D eigenvalue weighted by Gasteiger charge is 2.13. The Morgan fingerprint density at radius 3 is 2.63 bits per heavy atom. The van der Waals surface area contributed by atoms with Gasteiger partial charge >= 0.3 is 6.09 Å². The average Bonchev–Trinajstić information content (AvgIpc) is 2.37. The van der Waals surface area contributed by atoms with Crippen molar-refractivity contribution >= 4 is 6.09 Å². The van der Waals surface area contributed by atoms with Gasteiger partial charge in [-0.25, -0.2) is 4.79 Å². The quantitative estimate of drug-likeness (QED) is 0.741. The van der Waals surface area contributed by atoms with Gasteiger partial charge in [-0.05, 0) is 32.3 Å². The van der Waals surface area contributed by atoms with Crippen LogP contribution in [0.4, 0.5) is 4.79 Å². The molecule has 19 heavy (non-hydrogen) atoms. The van der Waals surface area contributed by atoms with Crippen LogP contribution in [0.2, 0.25) is 0 Å². The molecular formula is C15H25N2O2+. The summed E-state index contributed by atoms with van der Waals surface area (Å²) in [6.07, 6.45) is 4.73. The molecule has 0 saturated heterocycles. The highest BCUT2D eigenvalue weighted by Crippen LogP contribution is 2.04. The minimum atomic E-state index is -0.258. The van der Waals surface area contributed by atoms with E-state index in [2.05, 4.69) is 19.9 Å². The van der Waals surface area contributed by atoms with Crippen molar-refractivity contribution in [3.63, 3.8) is 0 Å². The lowest BCUT2D eigenvalue weighted by Gasteiger charge is -2.16. The third-order valence-electron chi connectivity index (χ3n) is 2.92. The monoisotopic (exact) mass is 265 g/mol. The normalized spacial score (nSPS) is 10.6. The van der Waals surface area contributed by atoms with E-state index in [4.69, 9.17) is 4.74 Å². The molecule has 1 aromatic heterocycles. The van der Waals surface area contributed by atoms with Crippen molar-refractivity contribution in [1.82, 2.24) is 4.90 Å². The predicted molar refractivity (Wildman–Crippen MR) is 74.6 cm³/mol. The topological polar surface area (TPSA) is 33.4 Å². The first kappa shape index (κ1) is 15.5. The molecule has 106 valence electrons. The summed E-state index contributed by atoms with van der Waals surface area (Å²) in [7, 11) is 0. The van der Waals surface area contributed by atoms with Crippen LogP contribution in [0.3, 0.4) is 0 Å². The first-order chi connectivity index (χ1) is 9.06. The van der Waals surface area contributed by atoms with E-state index in [1.165, 1.54) is 5.56 Å². The van der Waals surface area contributed by atoms with Crippen molar-refractivity contribution in [2.45, 2.75) is 40.8 Å². The van der Waals surface area contributed by atoms with Crippen LogP contribution >= 0.6 is 0 Å². The molecule has 0 spiro atoms. The van der Waals surface area contributed by atoms with Gasteiger partial charge in [0, 0.05) is 24.7 Å². The summed E-state index contributed by atoms with van der Waals surface area (Å²) in [6.45, 7) is 9.89. The molecule has 0 aliphatic heterocycles. The van der Waals surface area contributed by atoms with Crippen LogP contribution in [-0.4, -0.2) is 24.1 Å². The van der Waals surface area contributed by atoms with Crippen molar-refractivity contribution in [3.8, 4) is 0 Å². The number of carbonyl (C=O) groups is 1. The number of hydrogen-bond acceptors (Lipinski definition) is 2. The number of nitrogens with zero attached hydrogens (tertiary/aromatic N) is 2. The van der Waals surface area contributed by atoms with E-state index in [1.54, 1.807) is 4.90 Å². The van der Waals surface area contributed by atoms with Crippen LogP contribution in [-0.2, 0) is 17.9 Å². The summed E-state index contributed by atoms with van der Waals surface area (Å²) in [5.41, 5.74) is 1.26. The molecule has 0 aliphatic rings.